The topological polar surface area (TPSA) is 55.3 Å². The SMILES string of the molecule is CCCN1C(=O)COc2ccc(-c3nc(-c4ccccn4)sc3C)cc21. The highest BCUT2D eigenvalue weighted by Gasteiger charge is 2.25. The summed E-state index contributed by atoms with van der Waals surface area (Å²) in [4.78, 5) is 24.3. The Morgan fingerprint density at radius 3 is 2.92 bits per heavy atom. The molecule has 2 aromatic heterocycles. The molecule has 132 valence electrons. The predicted molar refractivity (Wildman–Crippen MR) is 104 cm³/mol. The fraction of sp³-hybridized carbons (Fsp3) is 0.250. The van der Waals surface area contributed by atoms with Gasteiger partial charge < -0.3 is 9.64 Å². The number of fused-ring (bicyclic) bond motifs is 1. The molecule has 1 amide bonds. The summed E-state index contributed by atoms with van der Waals surface area (Å²) >= 11 is 1.63. The van der Waals surface area contributed by atoms with Gasteiger partial charge in [-0.2, -0.15) is 0 Å². The Kier molecular flexibility index (Phi) is 4.42. The number of anilines is 1. The van der Waals surface area contributed by atoms with E-state index in [0.717, 1.165) is 44.7 Å². The monoisotopic (exact) mass is 365 g/mol. The average Bonchev–Trinajstić information content (AvgIpc) is 3.06. The van der Waals surface area contributed by atoms with Crippen LogP contribution in [0.15, 0.2) is 42.6 Å². The summed E-state index contributed by atoms with van der Waals surface area (Å²) in [6.07, 6.45) is 2.67. The largest absolute Gasteiger partial charge is 0.482 e. The molecular weight excluding hydrogens is 346 g/mol. The van der Waals surface area contributed by atoms with Crippen LogP contribution in [-0.4, -0.2) is 29.0 Å². The maximum absolute atomic E-state index is 12.2. The Labute approximate surface area is 156 Å². The van der Waals surface area contributed by atoms with E-state index in [1.54, 1.807) is 17.5 Å². The van der Waals surface area contributed by atoms with Crippen LogP contribution in [0.4, 0.5) is 5.69 Å². The lowest BCUT2D eigenvalue weighted by Crippen LogP contribution is -2.39. The molecular formula is C20H19N3O2S. The van der Waals surface area contributed by atoms with Crippen LogP contribution >= 0.6 is 11.3 Å². The van der Waals surface area contributed by atoms with Crippen molar-refractivity contribution in [1.82, 2.24) is 9.97 Å². The minimum atomic E-state index is 0.000624. The van der Waals surface area contributed by atoms with E-state index in [2.05, 4.69) is 18.8 Å². The Balaban J connectivity index is 1.76. The lowest BCUT2D eigenvalue weighted by molar-refractivity contribution is -0.121. The van der Waals surface area contributed by atoms with Crippen LogP contribution in [0, 0.1) is 6.92 Å². The molecule has 0 aliphatic carbocycles. The van der Waals surface area contributed by atoms with Crippen molar-refractivity contribution in [3.63, 3.8) is 0 Å². The molecule has 0 bridgehead atoms. The van der Waals surface area contributed by atoms with Crippen LogP contribution < -0.4 is 9.64 Å². The third kappa shape index (κ3) is 2.97. The van der Waals surface area contributed by atoms with E-state index in [4.69, 9.17) is 9.72 Å². The molecule has 4 rings (SSSR count). The van der Waals surface area contributed by atoms with Gasteiger partial charge in [0.05, 0.1) is 17.1 Å². The fourth-order valence-corrected chi connectivity index (χ4v) is 3.99. The first-order chi connectivity index (χ1) is 12.7. The molecule has 0 saturated carbocycles. The molecule has 0 fully saturated rings. The molecule has 0 radical (unpaired) electrons. The number of aryl methyl sites for hydroxylation is 1. The van der Waals surface area contributed by atoms with E-state index in [1.165, 1.54) is 0 Å². The van der Waals surface area contributed by atoms with E-state index in [9.17, 15) is 4.79 Å². The minimum absolute atomic E-state index is 0.000624. The van der Waals surface area contributed by atoms with Gasteiger partial charge >= 0.3 is 0 Å². The number of carbonyl (C=O) groups is 1. The number of rotatable bonds is 4. The van der Waals surface area contributed by atoms with Gasteiger partial charge in [0.25, 0.3) is 5.91 Å². The number of ether oxygens (including phenoxy) is 1. The summed E-state index contributed by atoms with van der Waals surface area (Å²) in [6, 6.07) is 11.8. The lowest BCUT2D eigenvalue weighted by atomic mass is 10.1. The maximum Gasteiger partial charge on any atom is 0.265 e. The molecule has 3 heterocycles. The molecule has 0 atom stereocenters. The van der Waals surface area contributed by atoms with Crippen LogP contribution in [0.25, 0.3) is 22.0 Å². The average molecular weight is 365 g/mol. The van der Waals surface area contributed by atoms with Gasteiger partial charge in [0.1, 0.15) is 10.8 Å². The number of hydrogen-bond donors (Lipinski definition) is 0. The van der Waals surface area contributed by atoms with Gasteiger partial charge in [-0.15, -0.1) is 11.3 Å². The van der Waals surface area contributed by atoms with Crippen LogP contribution in [0.1, 0.15) is 18.2 Å². The maximum atomic E-state index is 12.2. The Morgan fingerprint density at radius 1 is 1.27 bits per heavy atom. The number of hydrogen-bond acceptors (Lipinski definition) is 5. The zero-order chi connectivity index (χ0) is 18.1. The molecule has 3 aromatic rings. The van der Waals surface area contributed by atoms with Crippen molar-refractivity contribution in [2.45, 2.75) is 20.3 Å². The number of benzene rings is 1. The van der Waals surface area contributed by atoms with Crippen molar-refractivity contribution in [3.05, 3.63) is 47.5 Å². The quantitative estimate of drug-likeness (QED) is 0.691. The Bertz CT molecular complexity index is 953. The van der Waals surface area contributed by atoms with E-state index >= 15 is 0 Å². The fourth-order valence-electron chi connectivity index (χ4n) is 3.08. The second kappa shape index (κ2) is 6.88. The summed E-state index contributed by atoms with van der Waals surface area (Å²) in [5.74, 6) is 0.750. The zero-order valence-electron chi connectivity index (χ0n) is 14.7. The van der Waals surface area contributed by atoms with Crippen molar-refractivity contribution in [1.29, 1.82) is 0 Å². The molecule has 0 spiro atoms. The second-order valence-corrected chi connectivity index (χ2v) is 7.36. The van der Waals surface area contributed by atoms with Gasteiger partial charge in [0.15, 0.2) is 6.61 Å². The first-order valence-corrected chi connectivity index (χ1v) is 9.45. The molecule has 0 N–H and O–H groups in total. The third-order valence-electron chi connectivity index (χ3n) is 4.30. The van der Waals surface area contributed by atoms with Crippen LogP contribution in [0.3, 0.4) is 0 Å². The highest BCUT2D eigenvalue weighted by atomic mass is 32.1. The number of carbonyl (C=O) groups excluding carboxylic acids is 1. The van der Waals surface area contributed by atoms with Crippen molar-refractivity contribution in [2.75, 3.05) is 18.1 Å². The van der Waals surface area contributed by atoms with Gasteiger partial charge in [-0.05, 0) is 43.7 Å². The van der Waals surface area contributed by atoms with Gasteiger partial charge in [0, 0.05) is 23.2 Å². The zero-order valence-corrected chi connectivity index (χ0v) is 15.5. The van der Waals surface area contributed by atoms with Crippen LogP contribution in [-0.2, 0) is 4.79 Å². The number of aromatic nitrogens is 2. The number of amides is 1. The van der Waals surface area contributed by atoms with E-state index < -0.39 is 0 Å². The van der Waals surface area contributed by atoms with Crippen molar-refractivity contribution in [3.8, 4) is 27.7 Å². The normalized spacial score (nSPS) is 13.5. The molecule has 26 heavy (non-hydrogen) atoms. The molecule has 1 aliphatic heterocycles. The van der Waals surface area contributed by atoms with Crippen LogP contribution in [0.2, 0.25) is 0 Å². The summed E-state index contributed by atoms with van der Waals surface area (Å²) in [5, 5.41) is 0.897. The van der Waals surface area contributed by atoms with E-state index in [1.807, 2.05) is 41.3 Å². The second-order valence-electron chi connectivity index (χ2n) is 6.16. The summed E-state index contributed by atoms with van der Waals surface area (Å²) in [6.45, 7) is 4.92. The molecule has 0 saturated heterocycles. The standard InChI is InChI=1S/C20H19N3O2S/c1-3-10-23-16-11-14(7-8-17(16)25-12-18(23)24)19-13(2)26-20(22-19)15-6-4-5-9-21-15/h4-9,11H,3,10,12H2,1-2H3. The summed E-state index contributed by atoms with van der Waals surface area (Å²) in [7, 11) is 0. The molecule has 1 aliphatic rings. The van der Waals surface area contributed by atoms with E-state index in [-0.39, 0.29) is 12.5 Å². The minimum Gasteiger partial charge on any atom is -0.482 e. The predicted octanol–water partition coefficient (Wildman–Crippen LogP) is 4.32. The Hall–Kier alpha value is -2.73. The van der Waals surface area contributed by atoms with Gasteiger partial charge in [-0.1, -0.05) is 13.0 Å². The van der Waals surface area contributed by atoms with Crippen molar-refractivity contribution >= 4 is 22.9 Å². The summed E-state index contributed by atoms with van der Waals surface area (Å²) in [5.41, 5.74) is 3.61. The Morgan fingerprint density at radius 2 is 2.15 bits per heavy atom. The third-order valence-corrected chi connectivity index (χ3v) is 5.30. The smallest absolute Gasteiger partial charge is 0.265 e. The highest BCUT2D eigenvalue weighted by Crippen LogP contribution is 2.38. The number of nitrogens with zero attached hydrogens (tertiary/aromatic N) is 3. The molecule has 6 heteroatoms. The lowest BCUT2D eigenvalue weighted by Gasteiger charge is -2.29. The first-order valence-electron chi connectivity index (χ1n) is 8.64. The molecule has 5 nitrogen and oxygen atoms in total. The van der Waals surface area contributed by atoms with Crippen LogP contribution in [0.5, 0.6) is 5.75 Å². The van der Waals surface area contributed by atoms with E-state index in [0.29, 0.717) is 6.54 Å². The summed E-state index contributed by atoms with van der Waals surface area (Å²) < 4.78 is 5.59. The highest BCUT2D eigenvalue weighted by molar-refractivity contribution is 7.15. The van der Waals surface area contributed by atoms with Gasteiger partial charge in [0.2, 0.25) is 0 Å². The molecule has 0 unspecified atom stereocenters. The number of thiazole rings is 1. The van der Waals surface area contributed by atoms with Crippen molar-refractivity contribution < 1.29 is 9.53 Å². The molecule has 1 aromatic carbocycles. The number of pyridine rings is 1. The first kappa shape index (κ1) is 16.7. The van der Waals surface area contributed by atoms with Crippen molar-refractivity contribution in [2.24, 2.45) is 0 Å². The van der Waals surface area contributed by atoms with Gasteiger partial charge in [-0.25, -0.2) is 4.98 Å². The van der Waals surface area contributed by atoms with Gasteiger partial charge in [-0.3, -0.25) is 9.78 Å².